The highest BCUT2D eigenvalue weighted by Crippen LogP contribution is 2.46. The van der Waals surface area contributed by atoms with Gasteiger partial charge < -0.3 is 15.0 Å². The van der Waals surface area contributed by atoms with Crippen LogP contribution in [0.4, 0.5) is 10.5 Å². The Balaban J connectivity index is 1.50. The van der Waals surface area contributed by atoms with Crippen LogP contribution >= 0.6 is 11.6 Å². The van der Waals surface area contributed by atoms with Crippen molar-refractivity contribution in [2.75, 3.05) is 18.0 Å². The summed E-state index contributed by atoms with van der Waals surface area (Å²) in [6.45, 7) is 3.48. The highest BCUT2D eigenvalue weighted by atomic mass is 35.5. The first-order chi connectivity index (χ1) is 13.9. The molecule has 0 aliphatic carbocycles. The van der Waals surface area contributed by atoms with E-state index in [1.807, 2.05) is 36.1 Å². The average molecular weight is 412 g/mol. The lowest BCUT2D eigenvalue weighted by Gasteiger charge is -2.50. The molecule has 3 heterocycles. The van der Waals surface area contributed by atoms with Crippen molar-refractivity contribution >= 4 is 29.2 Å². The number of carbonyl (C=O) groups excluding carboxylic acids is 2. The van der Waals surface area contributed by atoms with Gasteiger partial charge in [0.05, 0.1) is 11.7 Å². The lowest BCUT2D eigenvalue weighted by molar-refractivity contribution is 0.0378. The number of ether oxygens (including phenoxy) is 1. The number of carbonyl (C=O) groups is 2. The Morgan fingerprint density at radius 1 is 1.21 bits per heavy atom. The van der Waals surface area contributed by atoms with Gasteiger partial charge in [0.2, 0.25) is 0 Å². The topological polar surface area (TPSA) is 61.9 Å². The molecule has 7 heteroatoms. The summed E-state index contributed by atoms with van der Waals surface area (Å²) in [6, 6.07) is 12.3. The largest absolute Gasteiger partial charge is 0.467 e. The third kappa shape index (κ3) is 3.02. The standard InChI is InChI=1S/C22H22ClN3O3/c1-22-13-18(17-12-15(23)7-8-19(17)29-22)24-21(28)26(22)16-6-4-5-14(11-16)20(27)25-9-2-3-10-25/h4-8,11-12,18H,2-3,9-10,13H2,1H3,(H,24,28)/t18-,22-/m1/s1. The van der Waals surface area contributed by atoms with Crippen molar-refractivity contribution in [2.24, 2.45) is 0 Å². The number of nitrogens with zero attached hydrogens (tertiary/aromatic N) is 2. The molecule has 0 saturated carbocycles. The van der Waals surface area contributed by atoms with Gasteiger partial charge in [0.15, 0.2) is 5.72 Å². The van der Waals surface area contributed by atoms with Gasteiger partial charge >= 0.3 is 6.03 Å². The zero-order valence-corrected chi connectivity index (χ0v) is 16.9. The molecule has 2 aromatic carbocycles. The second kappa shape index (κ2) is 6.66. The molecule has 0 unspecified atom stereocenters. The maximum Gasteiger partial charge on any atom is 0.325 e. The van der Waals surface area contributed by atoms with Crippen LogP contribution < -0.4 is 15.0 Å². The number of likely N-dealkylation sites (tertiary alicyclic amines) is 1. The van der Waals surface area contributed by atoms with E-state index < -0.39 is 5.72 Å². The Hall–Kier alpha value is -2.73. The van der Waals surface area contributed by atoms with Gasteiger partial charge in [-0.2, -0.15) is 0 Å². The number of urea groups is 1. The van der Waals surface area contributed by atoms with Crippen molar-refractivity contribution in [1.82, 2.24) is 10.2 Å². The molecule has 1 N–H and O–H groups in total. The fraction of sp³-hybridized carbons (Fsp3) is 0.364. The molecule has 2 atom stereocenters. The molecular weight excluding hydrogens is 390 g/mol. The average Bonchev–Trinajstić information content (AvgIpc) is 3.22. The first-order valence-corrected chi connectivity index (χ1v) is 10.3. The van der Waals surface area contributed by atoms with Crippen LogP contribution in [0.25, 0.3) is 0 Å². The quantitative estimate of drug-likeness (QED) is 0.799. The second-order valence-corrected chi connectivity index (χ2v) is 8.49. The fourth-order valence-electron chi connectivity index (χ4n) is 4.62. The summed E-state index contributed by atoms with van der Waals surface area (Å²) >= 11 is 6.14. The SMILES string of the molecule is C[C@@]12C[C@@H](NC(=O)N1c1cccc(C(=O)N3CCCC3)c1)c1cc(Cl)ccc1O2. The minimum absolute atomic E-state index is 0.00865. The molecule has 2 aromatic rings. The summed E-state index contributed by atoms with van der Waals surface area (Å²) in [6.07, 6.45) is 2.66. The Labute approximate surface area is 174 Å². The van der Waals surface area contributed by atoms with E-state index in [1.165, 1.54) is 0 Å². The molecule has 6 nitrogen and oxygen atoms in total. The third-order valence-electron chi connectivity index (χ3n) is 5.98. The van der Waals surface area contributed by atoms with Crippen LogP contribution in [0, 0.1) is 0 Å². The molecule has 5 rings (SSSR count). The molecular formula is C22H22ClN3O3. The number of halogens is 1. The smallest absolute Gasteiger partial charge is 0.325 e. The maximum atomic E-state index is 13.1. The number of anilines is 1. The van der Waals surface area contributed by atoms with Gasteiger partial charge in [-0.3, -0.25) is 9.69 Å². The Morgan fingerprint density at radius 2 is 2.00 bits per heavy atom. The zero-order valence-electron chi connectivity index (χ0n) is 16.2. The minimum Gasteiger partial charge on any atom is -0.467 e. The van der Waals surface area contributed by atoms with E-state index in [1.54, 1.807) is 23.1 Å². The van der Waals surface area contributed by atoms with Crippen LogP contribution in [0.15, 0.2) is 42.5 Å². The molecule has 3 amide bonds. The Bertz CT molecular complexity index is 1000. The van der Waals surface area contributed by atoms with Crippen LogP contribution in [0.1, 0.15) is 48.1 Å². The van der Waals surface area contributed by atoms with Crippen LogP contribution in [0.2, 0.25) is 5.02 Å². The van der Waals surface area contributed by atoms with Crippen molar-refractivity contribution in [3.05, 3.63) is 58.6 Å². The first kappa shape index (κ1) is 18.3. The van der Waals surface area contributed by atoms with E-state index in [4.69, 9.17) is 16.3 Å². The zero-order chi connectivity index (χ0) is 20.2. The van der Waals surface area contributed by atoms with Crippen LogP contribution in [0.5, 0.6) is 5.75 Å². The Morgan fingerprint density at radius 3 is 2.79 bits per heavy atom. The van der Waals surface area contributed by atoms with Gasteiger partial charge in [-0.25, -0.2) is 4.79 Å². The van der Waals surface area contributed by atoms with E-state index >= 15 is 0 Å². The minimum atomic E-state index is -0.858. The number of rotatable bonds is 2. The summed E-state index contributed by atoms with van der Waals surface area (Å²) in [5.74, 6) is 0.719. The summed E-state index contributed by atoms with van der Waals surface area (Å²) in [4.78, 5) is 29.3. The van der Waals surface area contributed by atoms with Crippen LogP contribution in [-0.4, -0.2) is 35.7 Å². The third-order valence-corrected chi connectivity index (χ3v) is 6.21. The van der Waals surface area contributed by atoms with Gasteiger partial charge in [-0.05, 0) is 56.2 Å². The number of amides is 3. The maximum absolute atomic E-state index is 13.1. The monoisotopic (exact) mass is 411 g/mol. The molecule has 0 aromatic heterocycles. The highest BCUT2D eigenvalue weighted by molar-refractivity contribution is 6.30. The lowest BCUT2D eigenvalue weighted by Crippen LogP contribution is -2.65. The van der Waals surface area contributed by atoms with E-state index in [0.717, 1.165) is 31.5 Å². The number of hydrogen-bond donors (Lipinski definition) is 1. The normalized spacial score (nSPS) is 25.3. The van der Waals surface area contributed by atoms with Crippen LogP contribution in [0.3, 0.4) is 0 Å². The predicted molar refractivity (Wildman–Crippen MR) is 110 cm³/mol. The molecule has 3 aliphatic rings. The fourth-order valence-corrected chi connectivity index (χ4v) is 4.80. The van der Waals surface area contributed by atoms with Crippen molar-refractivity contribution < 1.29 is 14.3 Å². The molecule has 3 aliphatic heterocycles. The van der Waals surface area contributed by atoms with E-state index in [2.05, 4.69) is 5.32 Å². The molecule has 2 saturated heterocycles. The summed E-state index contributed by atoms with van der Waals surface area (Å²) in [5, 5.41) is 3.67. The van der Waals surface area contributed by atoms with Crippen molar-refractivity contribution in [3.8, 4) is 5.75 Å². The van der Waals surface area contributed by atoms with Gasteiger partial charge in [-0.15, -0.1) is 0 Å². The number of fused-ring (bicyclic) bond motifs is 4. The Kier molecular flexibility index (Phi) is 4.21. The number of nitrogens with one attached hydrogen (secondary N) is 1. The van der Waals surface area contributed by atoms with E-state index in [-0.39, 0.29) is 18.0 Å². The van der Waals surface area contributed by atoms with Crippen molar-refractivity contribution in [2.45, 2.75) is 38.0 Å². The molecule has 2 bridgehead atoms. The van der Waals surface area contributed by atoms with E-state index in [9.17, 15) is 9.59 Å². The van der Waals surface area contributed by atoms with Crippen molar-refractivity contribution in [3.63, 3.8) is 0 Å². The molecule has 150 valence electrons. The molecule has 29 heavy (non-hydrogen) atoms. The predicted octanol–water partition coefficient (Wildman–Crippen LogP) is 4.35. The molecule has 0 spiro atoms. The molecule has 2 fully saturated rings. The first-order valence-electron chi connectivity index (χ1n) is 9.93. The van der Waals surface area contributed by atoms with Crippen molar-refractivity contribution in [1.29, 1.82) is 0 Å². The molecule has 0 radical (unpaired) electrons. The van der Waals surface area contributed by atoms with Gasteiger partial charge in [-0.1, -0.05) is 17.7 Å². The van der Waals surface area contributed by atoms with Gasteiger partial charge in [0, 0.05) is 35.7 Å². The summed E-state index contributed by atoms with van der Waals surface area (Å²) in [5.41, 5.74) is 1.26. The number of benzene rings is 2. The van der Waals surface area contributed by atoms with Gasteiger partial charge in [0.1, 0.15) is 5.75 Å². The van der Waals surface area contributed by atoms with Crippen LogP contribution in [-0.2, 0) is 0 Å². The lowest BCUT2D eigenvalue weighted by atomic mass is 9.90. The van der Waals surface area contributed by atoms with E-state index in [0.29, 0.717) is 28.4 Å². The second-order valence-electron chi connectivity index (χ2n) is 8.05. The summed E-state index contributed by atoms with van der Waals surface area (Å²) in [7, 11) is 0. The van der Waals surface area contributed by atoms with Gasteiger partial charge in [0.25, 0.3) is 5.91 Å². The number of hydrogen-bond acceptors (Lipinski definition) is 3. The summed E-state index contributed by atoms with van der Waals surface area (Å²) < 4.78 is 6.29. The highest BCUT2D eigenvalue weighted by Gasteiger charge is 2.50.